The quantitative estimate of drug-likeness (QED) is 0.682. The SMILES string of the molecule is CC(c1ccccc1Cl)N1CCN(C(=O)c2ccc(S(=O)(=O)N3CCCC3)cc2)CC1. The molecular weight excluding hydrogens is 434 g/mol. The molecule has 2 fully saturated rings. The van der Waals surface area contributed by atoms with Gasteiger partial charge in [-0.25, -0.2) is 8.42 Å². The second-order valence-corrected chi connectivity index (χ2v) is 10.5. The van der Waals surface area contributed by atoms with Gasteiger partial charge < -0.3 is 4.90 Å². The minimum Gasteiger partial charge on any atom is -0.336 e. The summed E-state index contributed by atoms with van der Waals surface area (Å²) in [6.07, 6.45) is 1.80. The summed E-state index contributed by atoms with van der Waals surface area (Å²) in [5, 5.41) is 0.762. The van der Waals surface area contributed by atoms with Crippen molar-refractivity contribution in [1.82, 2.24) is 14.1 Å². The molecule has 2 aliphatic rings. The zero-order valence-electron chi connectivity index (χ0n) is 17.7. The van der Waals surface area contributed by atoms with Crippen molar-refractivity contribution in [1.29, 1.82) is 0 Å². The Morgan fingerprint density at radius 3 is 2.13 bits per heavy atom. The lowest BCUT2D eigenvalue weighted by Gasteiger charge is -2.38. The smallest absolute Gasteiger partial charge is 0.253 e. The van der Waals surface area contributed by atoms with Crippen LogP contribution in [0.1, 0.15) is 41.7 Å². The van der Waals surface area contributed by atoms with Gasteiger partial charge in [-0.2, -0.15) is 4.31 Å². The summed E-state index contributed by atoms with van der Waals surface area (Å²) in [7, 11) is -3.46. The van der Waals surface area contributed by atoms with E-state index in [0.29, 0.717) is 31.7 Å². The summed E-state index contributed by atoms with van der Waals surface area (Å²) in [6, 6.07) is 14.4. The largest absolute Gasteiger partial charge is 0.336 e. The highest BCUT2D eigenvalue weighted by Crippen LogP contribution is 2.28. The maximum absolute atomic E-state index is 12.9. The summed E-state index contributed by atoms with van der Waals surface area (Å²) < 4.78 is 26.9. The monoisotopic (exact) mass is 461 g/mol. The predicted octanol–water partition coefficient (Wildman–Crippen LogP) is 3.64. The van der Waals surface area contributed by atoms with Crippen LogP contribution in [0.2, 0.25) is 5.02 Å². The summed E-state index contributed by atoms with van der Waals surface area (Å²) in [6.45, 7) is 6.06. The van der Waals surface area contributed by atoms with Gasteiger partial charge in [0.15, 0.2) is 0 Å². The van der Waals surface area contributed by atoms with E-state index in [1.54, 1.807) is 24.3 Å². The molecule has 1 atom stereocenters. The molecule has 0 spiro atoms. The molecule has 166 valence electrons. The highest BCUT2D eigenvalue weighted by molar-refractivity contribution is 7.89. The van der Waals surface area contributed by atoms with Crippen molar-refractivity contribution >= 4 is 27.5 Å². The fraction of sp³-hybridized carbons (Fsp3) is 0.435. The van der Waals surface area contributed by atoms with Crippen LogP contribution in [0.15, 0.2) is 53.4 Å². The molecule has 2 aromatic carbocycles. The Hall–Kier alpha value is -1.93. The van der Waals surface area contributed by atoms with Crippen LogP contribution in [0.3, 0.4) is 0 Å². The van der Waals surface area contributed by atoms with Gasteiger partial charge in [-0.05, 0) is 55.7 Å². The van der Waals surface area contributed by atoms with Gasteiger partial charge in [0, 0.05) is 55.9 Å². The van der Waals surface area contributed by atoms with Gasteiger partial charge in [0.2, 0.25) is 10.0 Å². The van der Waals surface area contributed by atoms with E-state index in [1.807, 2.05) is 29.2 Å². The van der Waals surface area contributed by atoms with Gasteiger partial charge >= 0.3 is 0 Å². The van der Waals surface area contributed by atoms with Crippen molar-refractivity contribution in [2.75, 3.05) is 39.3 Å². The van der Waals surface area contributed by atoms with Crippen molar-refractivity contribution in [3.05, 3.63) is 64.7 Å². The van der Waals surface area contributed by atoms with E-state index in [0.717, 1.165) is 36.5 Å². The average Bonchev–Trinajstić information content (AvgIpc) is 3.35. The van der Waals surface area contributed by atoms with Crippen molar-refractivity contribution in [2.45, 2.75) is 30.7 Å². The first-order valence-electron chi connectivity index (χ1n) is 10.8. The maximum atomic E-state index is 12.9. The molecule has 0 saturated carbocycles. The molecule has 0 N–H and O–H groups in total. The molecule has 2 aliphatic heterocycles. The lowest BCUT2D eigenvalue weighted by Crippen LogP contribution is -2.49. The number of carbonyl (C=O) groups excluding carboxylic acids is 1. The van der Waals surface area contributed by atoms with Crippen molar-refractivity contribution < 1.29 is 13.2 Å². The Kier molecular flexibility index (Phi) is 6.67. The highest BCUT2D eigenvalue weighted by Gasteiger charge is 2.29. The third-order valence-corrected chi connectivity index (χ3v) is 8.57. The fourth-order valence-electron chi connectivity index (χ4n) is 4.35. The lowest BCUT2D eigenvalue weighted by molar-refractivity contribution is 0.0582. The number of rotatable bonds is 5. The van der Waals surface area contributed by atoms with Gasteiger partial charge in [0.1, 0.15) is 0 Å². The first-order chi connectivity index (χ1) is 14.9. The molecule has 0 bridgehead atoms. The molecule has 2 saturated heterocycles. The molecular formula is C23H28ClN3O3S. The first kappa shape index (κ1) is 22.3. The van der Waals surface area contributed by atoms with Crippen molar-refractivity contribution in [3.63, 3.8) is 0 Å². The number of amides is 1. The topological polar surface area (TPSA) is 60.9 Å². The Labute approximate surface area is 189 Å². The molecule has 6 nitrogen and oxygen atoms in total. The van der Waals surface area contributed by atoms with Crippen LogP contribution in [0.5, 0.6) is 0 Å². The van der Waals surface area contributed by atoms with Crippen molar-refractivity contribution in [3.8, 4) is 0 Å². The fourth-order valence-corrected chi connectivity index (χ4v) is 6.16. The van der Waals surface area contributed by atoms with Crippen LogP contribution in [-0.2, 0) is 10.0 Å². The van der Waals surface area contributed by atoms with Gasteiger partial charge in [-0.3, -0.25) is 9.69 Å². The van der Waals surface area contributed by atoms with E-state index in [-0.39, 0.29) is 16.8 Å². The van der Waals surface area contributed by atoms with E-state index >= 15 is 0 Å². The van der Waals surface area contributed by atoms with Crippen molar-refractivity contribution in [2.24, 2.45) is 0 Å². The van der Waals surface area contributed by atoms with Crippen LogP contribution in [-0.4, -0.2) is 67.7 Å². The van der Waals surface area contributed by atoms with E-state index < -0.39 is 10.0 Å². The number of benzene rings is 2. The Balaban J connectivity index is 1.38. The third kappa shape index (κ3) is 4.65. The first-order valence-corrected chi connectivity index (χ1v) is 12.6. The van der Waals surface area contributed by atoms with Gasteiger partial charge in [-0.15, -0.1) is 0 Å². The van der Waals surface area contributed by atoms with E-state index in [1.165, 1.54) is 4.31 Å². The number of piperazine rings is 1. The lowest BCUT2D eigenvalue weighted by atomic mass is 10.1. The number of nitrogens with zero attached hydrogens (tertiary/aromatic N) is 3. The summed E-state index contributed by atoms with van der Waals surface area (Å²) >= 11 is 6.35. The number of carbonyl (C=O) groups is 1. The van der Waals surface area contributed by atoms with Crippen LogP contribution < -0.4 is 0 Å². The minimum atomic E-state index is -3.46. The molecule has 1 amide bonds. The minimum absolute atomic E-state index is 0.0600. The molecule has 0 aromatic heterocycles. The van der Waals surface area contributed by atoms with Gasteiger partial charge in [0.25, 0.3) is 5.91 Å². The molecule has 8 heteroatoms. The van der Waals surface area contributed by atoms with Crippen LogP contribution in [0.25, 0.3) is 0 Å². The molecule has 0 radical (unpaired) electrons. The van der Waals surface area contributed by atoms with E-state index in [9.17, 15) is 13.2 Å². The van der Waals surface area contributed by atoms with Crippen LogP contribution in [0, 0.1) is 0 Å². The highest BCUT2D eigenvalue weighted by atomic mass is 35.5. The molecule has 0 aliphatic carbocycles. The summed E-state index contributed by atoms with van der Waals surface area (Å²) in [5.74, 6) is -0.0600. The predicted molar refractivity (Wildman–Crippen MR) is 122 cm³/mol. The Morgan fingerprint density at radius 2 is 1.52 bits per heavy atom. The number of hydrogen-bond acceptors (Lipinski definition) is 4. The maximum Gasteiger partial charge on any atom is 0.253 e. The van der Waals surface area contributed by atoms with Gasteiger partial charge in [-0.1, -0.05) is 29.8 Å². The molecule has 4 rings (SSSR count). The van der Waals surface area contributed by atoms with Gasteiger partial charge in [0.05, 0.1) is 4.90 Å². The summed E-state index contributed by atoms with van der Waals surface area (Å²) in [4.78, 5) is 17.4. The average molecular weight is 462 g/mol. The Bertz CT molecular complexity index is 1030. The van der Waals surface area contributed by atoms with E-state index in [2.05, 4.69) is 11.8 Å². The van der Waals surface area contributed by atoms with Crippen LogP contribution >= 0.6 is 11.6 Å². The number of halogens is 1. The second kappa shape index (κ2) is 9.28. The number of sulfonamides is 1. The summed E-state index contributed by atoms with van der Waals surface area (Å²) in [5.41, 5.74) is 1.62. The normalized spacial score (nSPS) is 19.5. The standard InChI is InChI=1S/C23H28ClN3O3S/c1-18(21-6-2-3-7-22(21)24)25-14-16-26(17-15-25)23(28)19-8-10-20(11-9-19)31(29,30)27-12-4-5-13-27/h2-3,6-11,18H,4-5,12-17H2,1H3. The molecule has 1 unspecified atom stereocenters. The Morgan fingerprint density at radius 1 is 0.903 bits per heavy atom. The molecule has 31 heavy (non-hydrogen) atoms. The van der Waals surface area contributed by atoms with Crippen LogP contribution in [0.4, 0.5) is 0 Å². The molecule has 2 aromatic rings. The zero-order valence-corrected chi connectivity index (χ0v) is 19.3. The molecule has 2 heterocycles. The second-order valence-electron chi connectivity index (χ2n) is 8.16. The number of hydrogen-bond donors (Lipinski definition) is 0. The van der Waals surface area contributed by atoms with E-state index in [4.69, 9.17) is 11.6 Å². The third-order valence-electron chi connectivity index (χ3n) is 6.31. The zero-order chi connectivity index (χ0) is 22.0.